The number of nitrogens with zero attached hydrogens (tertiary/aromatic N) is 3. The number of benzene rings is 3. The van der Waals surface area contributed by atoms with E-state index in [4.69, 9.17) is 14.0 Å². The summed E-state index contributed by atoms with van der Waals surface area (Å²) >= 11 is 0. The molecule has 3 aromatic carbocycles. The zero-order valence-electron chi connectivity index (χ0n) is 18.0. The molecule has 1 amide bonds. The average molecular weight is 442 g/mol. The van der Waals surface area contributed by atoms with Gasteiger partial charge in [0.2, 0.25) is 18.5 Å². The number of ether oxygens (including phenoxy) is 2. The molecule has 0 bridgehead atoms. The first-order valence-corrected chi connectivity index (χ1v) is 10.9. The van der Waals surface area contributed by atoms with Crippen molar-refractivity contribution in [2.24, 2.45) is 0 Å². The van der Waals surface area contributed by atoms with Gasteiger partial charge < -0.3 is 19.3 Å². The number of carbonyl (C=O) groups is 1. The van der Waals surface area contributed by atoms with E-state index in [1.54, 1.807) is 18.2 Å². The van der Waals surface area contributed by atoms with Crippen molar-refractivity contribution in [1.82, 2.24) is 20.4 Å². The van der Waals surface area contributed by atoms with E-state index < -0.39 is 0 Å². The zero-order valence-corrected chi connectivity index (χ0v) is 18.0. The second kappa shape index (κ2) is 7.90. The molecule has 0 aliphatic carbocycles. The third-order valence-corrected chi connectivity index (χ3v) is 6.25. The molecule has 2 aliphatic rings. The fraction of sp³-hybridized carbons (Fsp3) is 0.240. The van der Waals surface area contributed by atoms with Crippen LogP contribution in [0, 0.1) is 0 Å². The van der Waals surface area contributed by atoms with E-state index in [1.165, 1.54) is 5.39 Å². The van der Waals surface area contributed by atoms with E-state index in [2.05, 4.69) is 44.6 Å². The number of rotatable bonds is 4. The first kappa shape index (κ1) is 19.8. The lowest BCUT2D eigenvalue weighted by molar-refractivity contribution is 0.0938. The van der Waals surface area contributed by atoms with E-state index in [9.17, 15) is 4.79 Å². The monoisotopic (exact) mass is 442 g/mol. The molecule has 2 aliphatic heterocycles. The minimum Gasteiger partial charge on any atom is -0.454 e. The lowest BCUT2D eigenvalue weighted by Crippen LogP contribution is -2.36. The predicted molar refractivity (Wildman–Crippen MR) is 121 cm³/mol. The van der Waals surface area contributed by atoms with E-state index in [-0.39, 0.29) is 24.8 Å². The topological polar surface area (TPSA) is 89.7 Å². The Morgan fingerprint density at radius 2 is 1.88 bits per heavy atom. The molecule has 1 fully saturated rings. The van der Waals surface area contributed by atoms with Gasteiger partial charge in [-0.1, -0.05) is 41.6 Å². The number of likely N-dealkylation sites (N-methyl/N-ethyl adjacent to an activating group) is 1. The van der Waals surface area contributed by atoms with Gasteiger partial charge in [0, 0.05) is 23.7 Å². The number of amides is 1. The average Bonchev–Trinajstić information content (AvgIpc) is 3.58. The molecule has 3 heterocycles. The first-order chi connectivity index (χ1) is 16.1. The summed E-state index contributed by atoms with van der Waals surface area (Å²) in [5.74, 6) is 2.23. The molecule has 0 radical (unpaired) electrons. The molecule has 4 aromatic rings. The van der Waals surface area contributed by atoms with E-state index in [1.807, 2.05) is 25.2 Å². The second-order valence-electron chi connectivity index (χ2n) is 8.45. The van der Waals surface area contributed by atoms with E-state index >= 15 is 0 Å². The molecular formula is C25H22N4O4. The lowest BCUT2D eigenvalue weighted by Gasteiger charge is -2.14. The van der Waals surface area contributed by atoms with Crippen molar-refractivity contribution in [3.05, 3.63) is 72.1 Å². The molecule has 0 saturated carbocycles. The molecule has 166 valence electrons. The van der Waals surface area contributed by atoms with E-state index in [0.29, 0.717) is 41.7 Å². The highest BCUT2D eigenvalue weighted by Gasteiger charge is 2.35. The minimum absolute atomic E-state index is 0.0334. The van der Waals surface area contributed by atoms with Crippen molar-refractivity contribution in [3.8, 4) is 22.9 Å². The van der Waals surface area contributed by atoms with Crippen LogP contribution in [0.1, 0.15) is 28.7 Å². The summed E-state index contributed by atoms with van der Waals surface area (Å²) in [6, 6.07) is 19.4. The molecule has 1 N–H and O–H groups in total. The van der Waals surface area contributed by atoms with Crippen LogP contribution in [-0.2, 0) is 0 Å². The number of hydrogen-bond acceptors (Lipinski definition) is 7. The summed E-state index contributed by atoms with van der Waals surface area (Å²) in [6.07, 6.45) is 0.687. The molecule has 0 spiro atoms. The molecule has 2 atom stereocenters. The van der Waals surface area contributed by atoms with Crippen LogP contribution in [0.15, 0.2) is 65.2 Å². The molecule has 8 heteroatoms. The van der Waals surface area contributed by atoms with Crippen LogP contribution in [0.5, 0.6) is 11.5 Å². The number of aromatic nitrogens is 2. The summed E-state index contributed by atoms with van der Waals surface area (Å²) in [6.45, 7) is 0.871. The summed E-state index contributed by atoms with van der Waals surface area (Å²) in [7, 11) is 2.00. The van der Waals surface area contributed by atoms with Gasteiger partial charge in [-0.15, -0.1) is 0 Å². The molecule has 8 nitrogen and oxygen atoms in total. The maximum Gasteiger partial charge on any atom is 0.251 e. The lowest BCUT2D eigenvalue weighted by atomic mass is 10.1. The third-order valence-electron chi connectivity index (χ3n) is 6.25. The van der Waals surface area contributed by atoms with Gasteiger partial charge in [0.1, 0.15) is 0 Å². The van der Waals surface area contributed by atoms with Crippen LogP contribution in [-0.4, -0.2) is 47.4 Å². The fourth-order valence-electron chi connectivity index (χ4n) is 4.52. The van der Waals surface area contributed by atoms with Crippen LogP contribution in [0.2, 0.25) is 0 Å². The smallest absolute Gasteiger partial charge is 0.251 e. The Kier molecular flexibility index (Phi) is 4.73. The van der Waals surface area contributed by atoms with Crippen LogP contribution < -0.4 is 14.8 Å². The Balaban J connectivity index is 1.16. The number of fused-ring (bicyclic) bond motifs is 2. The standard InChI is InChI=1S/C25H22N4O4/c1-29-13-19(26-24(30)18-8-9-21-22(11-18)32-14-31-21)12-20(29)25-27-23(28-33-25)17-7-6-15-4-2-3-5-16(15)10-17/h2-11,19-20H,12-14H2,1H3,(H,26,30)/t19-,20-/m0/s1. The summed E-state index contributed by atoms with van der Waals surface area (Å²) in [4.78, 5) is 19.6. The molecule has 33 heavy (non-hydrogen) atoms. The van der Waals surface area contributed by atoms with Gasteiger partial charge in [-0.25, -0.2) is 0 Å². The third kappa shape index (κ3) is 3.68. The van der Waals surface area contributed by atoms with Gasteiger partial charge in [0.25, 0.3) is 5.91 Å². The normalized spacial score (nSPS) is 19.8. The van der Waals surface area contributed by atoms with Crippen molar-refractivity contribution in [3.63, 3.8) is 0 Å². The van der Waals surface area contributed by atoms with Crippen LogP contribution in [0.3, 0.4) is 0 Å². The quantitative estimate of drug-likeness (QED) is 0.514. The SMILES string of the molecule is CN1C[C@@H](NC(=O)c2ccc3c(c2)OCO3)C[C@H]1c1nc(-c2ccc3ccccc3c2)no1. The van der Waals surface area contributed by atoms with Crippen molar-refractivity contribution in [2.45, 2.75) is 18.5 Å². The highest BCUT2D eigenvalue weighted by Crippen LogP contribution is 2.34. The number of carbonyl (C=O) groups excluding carboxylic acids is 1. The maximum atomic E-state index is 12.8. The van der Waals surface area contributed by atoms with Gasteiger partial charge in [-0.05, 0) is 48.5 Å². The van der Waals surface area contributed by atoms with Gasteiger partial charge in [-0.2, -0.15) is 4.98 Å². The predicted octanol–water partition coefficient (Wildman–Crippen LogP) is 3.79. The van der Waals surface area contributed by atoms with Crippen LogP contribution in [0.25, 0.3) is 22.2 Å². The fourth-order valence-corrected chi connectivity index (χ4v) is 4.52. The Bertz CT molecular complexity index is 1350. The highest BCUT2D eigenvalue weighted by atomic mass is 16.7. The Morgan fingerprint density at radius 1 is 1.03 bits per heavy atom. The Hall–Kier alpha value is -3.91. The number of hydrogen-bond donors (Lipinski definition) is 1. The zero-order chi connectivity index (χ0) is 22.4. The Labute approximate surface area is 190 Å². The van der Waals surface area contributed by atoms with Crippen LogP contribution in [0.4, 0.5) is 0 Å². The number of nitrogens with one attached hydrogen (secondary N) is 1. The molecular weight excluding hydrogens is 420 g/mol. The van der Waals surface area contributed by atoms with Crippen LogP contribution >= 0.6 is 0 Å². The molecule has 1 aromatic heterocycles. The second-order valence-corrected chi connectivity index (χ2v) is 8.45. The molecule has 0 unspecified atom stereocenters. The summed E-state index contributed by atoms with van der Waals surface area (Å²) in [5.41, 5.74) is 1.46. The maximum absolute atomic E-state index is 12.8. The largest absolute Gasteiger partial charge is 0.454 e. The summed E-state index contributed by atoms with van der Waals surface area (Å²) in [5, 5.41) is 9.62. The van der Waals surface area contributed by atoms with Gasteiger partial charge >= 0.3 is 0 Å². The molecule has 1 saturated heterocycles. The van der Waals surface area contributed by atoms with Gasteiger partial charge in [-0.3, -0.25) is 9.69 Å². The van der Waals surface area contributed by atoms with Gasteiger partial charge in [0.15, 0.2) is 11.5 Å². The van der Waals surface area contributed by atoms with Crippen molar-refractivity contribution >= 4 is 16.7 Å². The van der Waals surface area contributed by atoms with Crippen molar-refractivity contribution in [2.75, 3.05) is 20.4 Å². The van der Waals surface area contributed by atoms with Crippen molar-refractivity contribution < 1.29 is 18.8 Å². The minimum atomic E-state index is -0.144. The molecule has 6 rings (SSSR count). The Morgan fingerprint density at radius 3 is 2.79 bits per heavy atom. The summed E-state index contributed by atoms with van der Waals surface area (Å²) < 4.78 is 16.3. The van der Waals surface area contributed by atoms with Crippen molar-refractivity contribution in [1.29, 1.82) is 0 Å². The highest BCUT2D eigenvalue weighted by molar-refractivity contribution is 5.95. The van der Waals surface area contributed by atoms with E-state index in [0.717, 1.165) is 10.9 Å². The number of likely N-dealkylation sites (tertiary alicyclic amines) is 1. The first-order valence-electron chi connectivity index (χ1n) is 10.9. The van der Waals surface area contributed by atoms with Gasteiger partial charge in [0.05, 0.1) is 6.04 Å².